The first-order chi connectivity index (χ1) is 11.7. The molecule has 0 N–H and O–H groups in total. The number of hydrogen-bond donors (Lipinski definition) is 0. The summed E-state index contributed by atoms with van der Waals surface area (Å²) in [4.78, 5) is 0. The molecule has 3 aliphatic rings. The maximum absolute atomic E-state index is 5.78. The van der Waals surface area contributed by atoms with E-state index in [0.717, 1.165) is 11.1 Å². The van der Waals surface area contributed by atoms with Crippen molar-refractivity contribution in [3.05, 3.63) is 70.2 Å². The predicted octanol–water partition coefficient (Wildman–Crippen LogP) is 5.35. The fourth-order valence-electron chi connectivity index (χ4n) is 4.66. The van der Waals surface area contributed by atoms with E-state index < -0.39 is 0 Å². The van der Waals surface area contributed by atoms with E-state index in [9.17, 15) is 0 Å². The number of hydrogen-bond acceptors (Lipinski definition) is 2. The van der Waals surface area contributed by atoms with Crippen LogP contribution in [0.15, 0.2) is 59.1 Å². The van der Waals surface area contributed by atoms with Gasteiger partial charge in [0.05, 0.1) is 13.2 Å². The highest BCUT2D eigenvalue weighted by Crippen LogP contribution is 2.74. The van der Waals surface area contributed by atoms with E-state index in [1.165, 1.54) is 36.8 Å². The SMILES string of the molecule is Brc1ccc(CC23CC(COCOCc4ccccc4)(C2)C3)cc1. The third-order valence-corrected chi connectivity index (χ3v) is 5.96. The van der Waals surface area contributed by atoms with Crippen molar-refractivity contribution in [2.45, 2.75) is 32.3 Å². The van der Waals surface area contributed by atoms with Crippen LogP contribution >= 0.6 is 15.9 Å². The van der Waals surface area contributed by atoms with Crippen LogP contribution in [0.4, 0.5) is 0 Å². The summed E-state index contributed by atoms with van der Waals surface area (Å²) >= 11 is 3.50. The Kier molecular flexibility index (Phi) is 4.50. The molecule has 0 aliphatic heterocycles. The molecule has 0 saturated heterocycles. The molecular weight excluding hydrogens is 364 g/mol. The van der Waals surface area contributed by atoms with E-state index in [4.69, 9.17) is 9.47 Å². The van der Waals surface area contributed by atoms with Crippen LogP contribution < -0.4 is 0 Å². The lowest BCUT2D eigenvalue weighted by molar-refractivity contribution is -0.243. The molecule has 2 bridgehead atoms. The topological polar surface area (TPSA) is 18.5 Å². The van der Waals surface area contributed by atoms with Crippen molar-refractivity contribution in [1.82, 2.24) is 0 Å². The largest absolute Gasteiger partial charge is 0.355 e. The van der Waals surface area contributed by atoms with E-state index in [2.05, 4.69) is 52.3 Å². The zero-order valence-electron chi connectivity index (χ0n) is 13.8. The minimum absolute atomic E-state index is 0.399. The quantitative estimate of drug-likeness (QED) is 0.449. The second-order valence-electron chi connectivity index (χ2n) is 7.63. The molecule has 3 saturated carbocycles. The van der Waals surface area contributed by atoms with Gasteiger partial charge in [-0.3, -0.25) is 0 Å². The van der Waals surface area contributed by atoms with Crippen LogP contribution in [0, 0.1) is 10.8 Å². The van der Waals surface area contributed by atoms with E-state index >= 15 is 0 Å². The molecule has 2 aromatic carbocycles. The normalized spacial score (nSPS) is 27.4. The van der Waals surface area contributed by atoms with E-state index in [1.54, 1.807) is 0 Å². The van der Waals surface area contributed by atoms with Crippen LogP contribution in [0.3, 0.4) is 0 Å². The van der Waals surface area contributed by atoms with Gasteiger partial charge in [-0.25, -0.2) is 0 Å². The van der Waals surface area contributed by atoms with Crippen LogP contribution in [0.5, 0.6) is 0 Å². The standard InChI is InChI=1S/C21H23BrO2/c22-19-8-6-17(7-9-19)10-20-12-21(13-20,14-20)15-24-16-23-11-18-4-2-1-3-5-18/h1-9H,10-16H2. The molecule has 126 valence electrons. The summed E-state index contributed by atoms with van der Waals surface area (Å²) < 4.78 is 12.5. The summed E-state index contributed by atoms with van der Waals surface area (Å²) in [6.45, 7) is 1.88. The lowest BCUT2D eigenvalue weighted by Crippen LogP contribution is -2.64. The lowest BCUT2D eigenvalue weighted by Gasteiger charge is -2.71. The highest BCUT2D eigenvalue weighted by molar-refractivity contribution is 9.10. The Labute approximate surface area is 152 Å². The van der Waals surface area contributed by atoms with Gasteiger partial charge in [0.1, 0.15) is 6.79 Å². The van der Waals surface area contributed by atoms with Crippen molar-refractivity contribution in [2.75, 3.05) is 13.4 Å². The summed E-state index contributed by atoms with van der Waals surface area (Å²) in [6.07, 6.45) is 5.16. The summed E-state index contributed by atoms with van der Waals surface area (Å²) in [6, 6.07) is 19.0. The fraction of sp³-hybridized carbons (Fsp3) is 0.429. The molecule has 3 aliphatic carbocycles. The van der Waals surface area contributed by atoms with Crippen LogP contribution in [-0.2, 0) is 22.5 Å². The van der Waals surface area contributed by atoms with Crippen molar-refractivity contribution in [3.63, 3.8) is 0 Å². The second-order valence-corrected chi connectivity index (χ2v) is 8.55. The summed E-state index contributed by atoms with van der Waals surface area (Å²) in [5.41, 5.74) is 3.66. The molecule has 3 fully saturated rings. The van der Waals surface area contributed by atoms with Gasteiger partial charge in [-0.05, 0) is 59.8 Å². The van der Waals surface area contributed by atoms with Crippen LogP contribution in [-0.4, -0.2) is 13.4 Å². The molecule has 3 heteroatoms. The fourth-order valence-corrected chi connectivity index (χ4v) is 4.92. The highest BCUT2D eigenvalue weighted by atomic mass is 79.9. The van der Waals surface area contributed by atoms with Gasteiger partial charge in [0, 0.05) is 4.47 Å². The van der Waals surface area contributed by atoms with Crippen molar-refractivity contribution in [2.24, 2.45) is 10.8 Å². The predicted molar refractivity (Wildman–Crippen MR) is 98.6 cm³/mol. The van der Waals surface area contributed by atoms with Crippen molar-refractivity contribution in [3.8, 4) is 0 Å². The van der Waals surface area contributed by atoms with Gasteiger partial charge in [0.25, 0.3) is 0 Å². The monoisotopic (exact) mass is 386 g/mol. The molecule has 0 unspecified atom stereocenters. The van der Waals surface area contributed by atoms with E-state index in [-0.39, 0.29) is 0 Å². The zero-order chi connectivity index (χ0) is 16.5. The van der Waals surface area contributed by atoms with Crippen LogP contribution in [0.25, 0.3) is 0 Å². The molecule has 5 rings (SSSR count). The number of halogens is 1. The first-order valence-electron chi connectivity index (χ1n) is 8.61. The van der Waals surface area contributed by atoms with Gasteiger partial charge in [0.2, 0.25) is 0 Å². The first kappa shape index (κ1) is 16.3. The lowest BCUT2D eigenvalue weighted by atomic mass is 9.34. The van der Waals surface area contributed by atoms with E-state index in [0.29, 0.717) is 24.2 Å². The third kappa shape index (κ3) is 3.44. The molecule has 0 aromatic heterocycles. The molecule has 0 spiro atoms. The Morgan fingerprint density at radius 1 is 0.792 bits per heavy atom. The first-order valence-corrected chi connectivity index (χ1v) is 9.40. The zero-order valence-corrected chi connectivity index (χ0v) is 15.4. The van der Waals surface area contributed by atoms with Crippen LogP contribution in [0.2, 0.25) is 0 Å². The highest BCUT2D eigenvalue weighted by Gasteiger charge is 2.66. The number of benzene rings is 2. The minimum Gasteiger partial charge on any atom is -0.355 e. The molecule has 24 heavy (non-hydrogen) atoms. The van der Waals surface area contributed by atoms with E-state index in [1.807, 2.05) is 18.2 Å². The molecule has 2 nitrogen and oxygen atoms in total. The van der Waals surface area contributed by atoms with Gasteiger partial charge >= 0.3 is 0 Å². The Morgan fingerprint density at radius 2 is 1.50 bits per heavy atom. The van der Waals surface area contributed by atoms with Gasteiger partial charge in [0.15, 0.2) is 0 Å². The number of rotatable bonds is 8. The summed E-state index contributed by atoms with van der Waals surface area (Å²) in [5.74, 6) is 0. The van der Waals surface area contributed by atoms with Crippen LogP contribution in [0.1, 0.15) is 30.4 Å². The van der Waals surface area contributed by atoms with Crippen molar-refractivity contribution < 1.29 is 9.47 Å². The average molecular weight is 387 g/mol. The summed E-state index contributed by atoms with van der Waals surface area (Å²) in [7, 11) is 0. The molecule has 0 atom stereocenters. The van der Waals surface area contributed by atoms with Gasteiger partial charge in [-0.15, -0.1) is 0 Å². The Bertz CT molecular complexity index is 661. The average Bonchev–Trinajstić information content (AvgIpc) is 2.53. The smallest absolute Gasteiger partial charge is 0.147 e. The maximum Gasteiger partial charge on any atom is 0.147 e. The Hall–Kier alpha value is -1.16. The molecule has 0 radical (unpaired) electrons. The minimum atomic E-state index is 0.399. The second kappa shape index (κ2) is 6.62. The maximum atomic E-state index is 5.78. The molecule has 2 aromatic rings. The molecule has 0 amide bonds. The van der Waals surface area contributed by atoms with Crippen molar-refractivity contribution in [1.29, 1.82) is 0 Å². The van der Waals surface area contributed by atoms with Gasteiger partial charge in [-0.2, -0.15) is 0 Å². The Balaban J connectivity index is 1.14. The molecule has 0 heterocycles. The third-order valence-electron chi connectivity index (χ3n) is 5.43. The van der Waals surface area contributed by atoms with Gasteiger partial charge in [-0.1, -0.05) is 58.4 Å². The Morgan fingerprint density at radius 3 is 2.21 bits per heavy atom. The number of ether oxygens (including phenoxy) is 2. The van der Waals surface area contributed by atoms with Crippen molar-refractivity contribution >= 4 is 15.9 Å². The molecular formula is C21H23BrO2. The summed E-state index contributed by atoms with van der Waals surface area (Å²) in [5, 5.41) is 0. The van der Waals surface area contributed by atoms with Gasteiger partial charge < -0.3 is 9.47 Å².